The Hall–Kier alpha value is -2.19. The minimum atomic E-state index is -4.44. The third-order valence-electron chi connectivity index (χ3n) is 4.14. The number of hydrogen-bond donors (Lipinski definition) is 1. The van der Waals surface area contributed by atoms with Crippen LogP contribution in [0.2, 0.25) is 0 Å². The molecule has 1 aliphatic rings. The molecule has 2 amide bonds. The molecule has 9 heteroatoms. The molecule has 2 aromatic rings. The van der Waals surface area contributed by atoms with Crippen molar-refractivity contribution in [3.8, 4) is 0 Å². The first-order valence-electron chi connectivity index (χ1n) is 8.32. The van der Waals surface area contributed by atoms with Crippen LogP contribution in [0.3, 0.4) is 0 Å². The number of hydrogen-bond acceptors (Lipinski definition) is 3. The summed E-state index contributed by atoms with van der Waals surface area (Å²) in [5.41, 5.74) is 0.891. The lowest BCUT2D eigenvalue weighted by Gasteiger charge is -2.25. The van der Waals surface area contributed by atoms with Crippen LogP contribution in [-0.2, 0) is 15.8 Å². The lowest BCUT2D eigenvalue weighted by Crippen LogP contribution is -2.28. The van der Waals surface area contributed by atoms with Gasteiger partial charge in [0.15, 0.2) is 0 Å². The highest BCUT2D eigenvalue weighted by molar-refractivity contribution is 8.00. The van der Waals surface area contributed by atoms with E-state index in [4.69, 9.17) is 11.6 Å². The summed E-state index contributed by atoms with van der Waals surface area (Å²) in [6.07, 6.45) is -4.44. The Bertz CT molecular complexity index is 887. The van der Waals surface area contributed by atoms with Crippen molar-refractivity contribution in [2.75, 3.05) is 16.0 Å². The Morgan fingerprint density at radius 1 is 1.25 bits per heavy atom. The van der Waals surface area contributed by atoms with Gasteiger partial charge in [0.1, 0.15) is 10.8 Å². The van der Waals surface area contributed by atoms with E-state index in [0.717, 1.165) is 17.7 Å². The van der Waals surface area contributed by atoms with Crippen molar-refractivity contribution in [1.29, 1.82) is 0 Å². The number of nitrogens with one attached hydrogen (secondary N) is 1. The van der Waals surface area contributed by atoms with Crippen molar-refractivity contribution >= 4 is 46.6 Å². The highest BCUT2D eigenvalue weighted by Gasteiger charge is 2.35. The molecule has 0 saturated carbocycles. The van der Waals surface area contributed by atoms with Crippen molar-refractivity contribution < 1.29 is 22.8 Å². The first kappa shape index (κ1) is 20.5. The van der Waals surface area contributed by atoms with Gasteiger partial charge in [-0.15, -0.1) is 23.4 Å². The molecule has 28 heavy (non-hydrogen) atoms. The van der Waals surface area contributed by atoms with E-state index in [1.165, 1.54) is 28.8 Å². The van der Waals surface area contributed by atoms with Gasteiger partial charge < -0.3 is 5.32 Å². The van der Waals surface area contributed by atoms with Crippen LogP contribution in [0.15, 0.2) is 48.5 Å². The molecule has 0 aliphatic carbocycles. The Morgan fingerprint density at radius 2 is 1.93 bits per heavy atom. The molecule has 0 bridgehead atoms. The molecule has 1 heterocycles. The van der Waals surface area contributed by atoms with Crippen LogP contribution in [0.5, 0.6) is 0 Å². The summed E-state index contributed by atoms with van der Waals surface area (Å²) >= 11 is 7.13. The van der Waals surface area contributed by atoms with E-state index in [9.17, 15) is 22.8 Å². The molecule has 0 unspecified atom stereocenters. The van der Waals surface area contributed by atoms with E-state index in [0.29, 0.717) is 11.4 Å². The zero-order chi connectivity index (χ0) is 20.5. The van der Waals surface area contributed by atoms with Crippen molar-refractivity contribution in [2.45, 2.75) is 23.9 Å². The molecule has 2 atom stereocenters. The fraction of sp³-hybridized carbons (Fsp3) is 0.263. The molecule has 3 rings (SSSR count). The van der Waals surface area contributed by atoms with Crippen molar-refractivity contribution in [3.63, 3.8) is 0 Å². The first-order valence-corrected chi connectivity index (χ1v) is 9.81. The number of thioether (sulfide) groups is 1. The molecule has 0 radical (unpaired) electrons. The van der Waals surface area contributed by atoms with E-state index >= 15 is 0 Å². The molecule has 148 valence electrons. The molecular formula is C19H16ClF3N2O2S. The number of rotatable bonds is 4. The molecular weight excluding hydrogens is 413 g/mol. The van der Waals surface area contributed by atoms with E-state index in [1.807, 2.05) is 0 Å². The molecule has 4 nitrogen and oxygen atoms in total. The summed E-state index contributed by atoms with van der Waals surface area (Å²) in [5, 5.41) is 1.58. The topological polar surface area (TPSA) is 49.4 Å². The SMILES string of the molecule is C[C@H](Cl)C(=O)Nc1cccc([C@@H]2SCC(=O)N2c2ccc(C(F)(F)F)cc2)c1. The number of nitrogens with zero attached hydrogens (tertiary/aromatic N) is 1. The van der Waals surface area contributed by atoms with Gasteiger partial charge in [0.05, 0.1) is 11.3 Å². The molecule has 1 N–H and O–H groups in total. The predicted molar refractivity (Wildman–Crippen MR) is 105 cm³/mol. The third kappa shape index (κ3) is 4.44. The van der Waals surface area contributed by atoms with Crippen molar-refractivity contribution in [1.82, 2.24) is 0 Å². The summed E-state index contributed by atoms with van der Waals surface area (Å²) in [4.78, 5) is 25.6. The summed E-state index contributed by atoms with van der Waals surface area (Å²) in [6.45, 7) is 1.55. The monoisotopic (exact) mass is 428 g/mol. The van der Waals surface area contributed by atoms with Gasteiger partial charge in [-0.3, -0.25) is 14.5 Å². The average molecular weight is 429 g/mol. The van der Waals surface area contributed by atoms with Gasteiger partial charge in [0.25, 0.3) is 0 Å². The van der Waals surface area contributed by atoms with Crippen LogP contribution in [-0.4, -0.2) is 22.9 Å². The fourth-order valence-corrected chi connectivity index (χ4v) is 3.99. The Balaban J connectivity index is 1.87. The van der Waals surface area contributed by atoms with Gasteiger partial charge in [0.2, 0.25) is 11.8 Å². The molecule has 1 fully saturated rings. The number of alkyl halides is 4. The zero-order valence-corrected chi connectivity index (χ0v) is 16.2. The number of anilines is 2. The summed E-state index contributed by atoms with van der Waals surface area (Å²) < 4.78 is 38.4. The maximum absolute atomic E-state index is 12.8. The van der Waals surface area contributed by atoms with E-state index in [1.54, 1.807) is 31.2 Å². The fourth-order valence-electron chi connectivity index (χ4n) is 2.77. The van der Waals surface area contributed by atoms with E-state index in [2.05, 4.69) is 5.32 Å². The highest BCUT2D eigenvalue weighted by Crippen LogP contribution is 2.43. The summed E-state index contributed by atoms with van der Waals surface area (Å²) in [6, 6.07) is 11.5. The van der Waals surface area contributed by atoms with E-state index < -0.39 is 22.5 Å². The van der Waals surface area contributed by atoms with Crippen LogP contribution in [0.25, 0.3) is 0 Å². The lowest BCUT2D eigenvalue weighted by atomic mass is 10.1. The normalized spacial score (nSPS) is 18.2. The molecule has 0 aromatic heterocycles. The molecule has 0 spiro atoms. The van der Waals surface area contributed by atoms with Gasteiger partial charge in [-0.05, 0) is 48.9 Å². The quantitative estimate of drug-likeness (QED) is 0.693. The minimum Gasteiger partial charge on any atom is -0.325 e. The second-order valence-electron chi connectivity index (χ2n) is 6.20. The largest absolute Gasteiger partial charge is 0.416 e. The maximum Gasteiger partial charge on any atom is 0.416 e. The van der Waals surface area contributed by atoms with Gasteiger partial charge >= 0.3 is 6.18 Å². The van der Waals surface area contributed by atoms with Crippen LogP contribution in [0.4, 0.5) is 24.5 Å². The van der Waals surface area contributed by atoms with Gasteiger partial charge in [-0.25, -0.2) is 0 Å². The number of carbonyl (C=O) groups excluding carboxylic acids is 2. The highest BCUT2D eigenvalue weighted by atomic mass is 35.5. The predicted octanol–water partition coefficient (Wildman–Crippen LogP) is 5.05. The maximum atomic E-state index is 12.8. The van der Waals surface area contributed by atoms with Gasteiger partial charge in [0, 0.05) is 11.4 Å². The Kier molecular flexibility index (Phi) is 5.90. The van der Waals surface area contributed by atoms with Gasteiger partial charge in [-0.1, -0.05) is 12.1 Å². The average Bonchev–Trinajstić information content (AvgIpc) is 3.03. The van der Waals surface area contributed by atoms with Crippen LogP contribution in [0, 0.1) is 0 Å². The number of carbonyl (C=O) groups is 2. The number of halogens is 4. The zero-order valence-electron chi connectivity index (χ0n) is 14.7. The van der Waals surface area contributed by atoms with Gasteiger partial charge in [-0.2, -0.15) is 13.2 Å². The second-order valence-corrected chi connectivity index (χ2v) is 7.93. The molecule has 2 aromatic carbocycles. The smallest absolute Gasteiger partial charge is 0.325 e. The van der Waals surface area contributed by atoms with Crippen LogP contribution >= 0.6 is 23.4 Å². The number of amides is 2. The molecule has 1 saturated heterocycles. The van der Waals surface area contributed by atoms with Crippen LogP contribution in [0.1, 0.15) is 23.4 Å². The van der Waals surface area contributed by atoms with E-state index in [-0.39, 0.29) is 17.6 Å². The van der Waals surface area contributed by atoms with Crippen molar-refractivity contribution in [2.24, 2.45) is 0 Å². The van der Waals surface area contributed by atoms with Crippen molar-refractivity contribution in [3.05, 3.63) is 59.7 Å². The lowest BCUT2D eigenvalue weighted by molar-refractivity contribution is -0.137. The molecule has 1 aliphatic heterocycles. The summed E-state index contributed by atoms with van der Waals surface area (Å²) in [5.74, 6) is -0.340. The first-order chi connectivity index (χ1) is 13.2. The minimum absolute atomic E-state index is 0.196. The Morgan fingerprint density at radius 3 is 2.54 bits per heavy atom. The van der Waals surface area contributed by atoms with Crippen LogP contribution < -0.4 is 10.2 Å². The summed E-state index contributed by atoms with van der Waals surface area (Å²) in [7, 11) is 0. The number of benzene rings is 2. The third-order valence-corrected chi connectivity index (χ3v) is 5.55. The Labute approximate surface area is 169 Å². The second kappa shape index (κ2) is 8.05. The standard InChI is InChI=1S/C19H16ClF3N2O2S/c1-11(20)17(27)24-14-4-2-3-12(9-14)18-25(16(26)10-28-18)15-7-5-13(6-8-15)19(21,22)23/h2-9,11,18H,10H2,1H3,(H,24,27)/t11-,18-/m0/s1.